The minimum absolute atomic E-state index is 0.108. The van der Waals surface area contributed by atoms with E-state index in [1.165, 1.54) is 0 Å². The van der Waals surface area contributed by atoms with Gasteiger partial charge >= 0.3 is 6.03 Å². The van der Waals surface area contributed by atoms with Crippen LogP contribution in [0.1, 0.15) is 19.8 Å². The SMILES string of the molecule is CCOc1cccc(-c2ccc3c(NC(=O)NC[C@@H]4CCCO4)n[nH]c3c2)c1. The van der Waals surface area contributed by atoms with Gasteiger partial charge < -0.3 is 14.8 Å². The first-order valence-corrected chi connectivity index (χ1v) is 9.61. The Morgan fingerprint density at radius 2 is 2.18 bits per heavy atom. The van der Waals surface area contributed by atoms with Crippen molar-refractivity contribution in [3.05, 3.63) is 42.5 Å². The molecular formula is C21H24N4O3. The molecule has 3 N–H and O–H groups in total. The second-order valence-corrected chi connectivity index (χ2v) is 6.76. The molecule has 0 bridgehead atoms. The van der Waals surface area contributed by atoms with Gasteiger partial charge in [-0.3, -0.25) is 10.4 Å². The van der Waals surface area contributed by atoms with E-state index in [4.69, 9.17) is 9.47 Å². The third-order valence-electron chi connectivity index (χ3n) is 4.79. The van der Waals surface area contributed by atoms with Gasteiger partial charge in [-0.2, -0.15) is 5.10 Å². The number of benzene rings is 2. The summed E-state index contributed by atoms with van der Waals surface area (Å²) in [6, 6.07) is 13.7. The van der Waals surface area contributed by atoms with Crippen LogP contribution in [0.3, 0.4) is 0 Å². The first-order valence-electron chi connectivity index (χ1n) is 9.61. The van der Waals surface area contributed by atoms with Crippen LogP contribution in [0.25, 0.3) is 22.0 Å². The smallest absolute Gasteiger partial charge is 0.320 e. The van der Waals surface area contributed by atoms with Gasteiger partial charge in [0.2, 0.25) is 0 Å². The average molecular weight is 380 g/mol. The third kappa shape index (κ3) is 4.09. The zero-order chi connectivity index (χ0) is 19.3. The molecule has 3 aromatic rings. The number of aromatic amines is 1. The topological polar surface area (TPSA) is 88.3 Å². The predicted molar refractivity (Wildman–Crippen MR) is 109 cm³/mol. The maximum Gasteiger partial charge on any atom is 0.320 e. The van der Waals surface area contributed by atoms with Gasteiger partial charge in [0.25, 0.3) is 0 Å². The van der Waals surface area contributed by atoms with Crippen molar-refractivity contribution in [1.29, 1.82) is 0 Å². The molecule has 1 saturated heterocycles. The molecule has 2 aromatic carbocycles. The number of H-pyrrole nitrogens is 1. The van der Waals surface area contributed by atoms with Gasteiger partial charge in [0.15, 0.2) is 5.82 Å². The maximum atomic E-state index is 12.2. The quantitative estimate of drug-likeness (QED) is 0.605. The number of carbonyl (C=O) groups is 1. The number of fused-ring (bicyclic) bond motifs is 1. The van der Waals surface area contributed by atoms with Crippen LogP contribution >= 0.6 is 0 Å². The third-order valence-corrected chi connectivity index (χ3v) is 4.79. The van der Waals surface area contributed by atoms with Crippen molar-refractivity contribution in [3.63, 3.8) is 0 Å². The standard InChI is InChI=1S/C21H24N4O3/c1-2-27-16-6-3-5-14(11-16)15-8-9-18-19(12-15)24-25-20(18)23-21(26)22-13-17-7-4-10-28-17/h3,5-6,8-9,11-12,17H,2,4,7,10,13H2,1H3,(H3,22,23,24,25,26)/t17-/m0/s1. The monoisotopic (exact) mass is 380 g/mol. The van der Waals surface area contributed by atoms with Gasteiger partial charge in [0.05, 0.1) is 18.2 Å². The summed E-state index contributed by atoms with van der Waals surface area (Å²) in [4.78, 5) is 12.2. The predicted octanol–water partition coefficient (Wildman–Crippen LogP) is 3.93. The highest BCUT2D eigenvalue weighted by Crippen LogP contribution is 2.29. The molecule has 0 spiro atoms. The summed E-state index contributed by atoms with van der Waals surface area (Å²) in [7, 11) is 0. The second-order valence-electron chi connectivity index (χ2n) is 6.76. The second kappa shape index (κ2) is 8.31. The number of hydrogen-bond donors (Lipinski definition) is 3. The number of hydrogen-bond acceptors (Lipinski definition) is 4. The van der Waals surface area contributed by atoms with E-state index in [1.54, 1.807) is 0 Å². The van der Waals surface area contributed by atoms with Crippen molar-refractivity contribution >= 4 is 22.8 Å². The Kier molecular flexibility index (Phi) is 5.43. The van der Waals surface area contributed by atoms with E-state index in [9.17, 15) is 4.79 Å². The molecule has 146 valence electrons. The van der Waals surface area contributed by atoms with Gasteiger partial charge in [-0.1, -0.05) is 18.2 Å². The van der Waals surface area contributed by atoms with Crippen LogP contribution in [0.2, 0.25) is 0 Å². The summed E-state index contributed by atoms with van der Waals surface area (Å²) in [6.45, 7) is 3.88. The van der Waals surface area contributed by atoms with Gasteiger partial charge in [0, 0.05) is 18.5 Å². The van der Waals surface area contributed by atoms with Crippen LogP contribution in [0.4, 0.5) is 10.6 Å². The molecule has 1 aliphatic rings. The lowest BCUT2D eigenvalue weighted by Gasteiger charge is -2.11. The molecule has 7 heteroatoms. The Labute approximate surface area is 163 Å². The fourth-order valence-corrected chi connectivity index (χ4v) is 3.39. The average Bonchev–Trinajstić information content (AvgIpc) is 3.37. The summed E-state index contributed by atoms with van der Waals surface area (Å²) in [6.07, 6.45) is 2.14. The normalized spacial score (nSPS) is 16.2. The Bertz CT molecular complexity index is 963. The first-order chi connectivity index (χ1) is 13.7. The molecule has 0 unspecified atom stereocenters. The van der Waals surface area contributed by atoms with Crippen LogP contribution in [-0.2, 0) is 4.74 Å². The summed E-state index contributed by atoms with van der Waals surface area (Å²) < 4.78 is 11.1. The van der Waals surface area contributed by atoms with Crippen molar-refractivity contribution in [2.75, 3.05) is 25.1 Å². The Hall–Kier alpha value is -3.06. The maximum absolute atomic E-state index is 12.2. The summed E-state index contributed by atoms with van der Waals surface area (Å²) in [5.41, 5.74) is 2.96. The van der Waals surface area contributed by atoms with Crippen LogP contribution in [-0.4, -0.2) is 42.1 Å². The number of carbonyl (C=O) groups excluding carboxylic acids is 1. The highest BCUT2D eigenvalue weighted by molar-refractivity contribution is 6.00. The minimum atomic E-state index is -0.280. The van der Waals surface area contributed by atoms with E-state index < -0.39 is 0 Å². The fraction of sp³-hybridized carbons (Fsp3) is 0.333. The van der Waals surface area contributed by atoms with Crippen LogP contribution < -0.4 is 15.4 Å². The number of nitrogens with zero attached hydrogens (tertiary/aromatic N) is 1. The van der Waals surface area contributed by atoms with Crippen molar-refractivity contribution in [2.24, 2.45) is 0 Å². The van der Waals surface area contributed by atoms with E-state index in [-0.39, 0.29) is 12.1 Å². The molecule has 28 heavy (non-hydrogen) atoms. The van der Waals surface area contributed by atoms with E-state index in [2.05, 4.69) is 20.8 Å². The lowest BCUT2D eigenvalue weighted by atomic mass is 10.0. The zero-order valence-electron chi connectivity index (χ0n) is 15.8. The molecule has 2 amide bonds. The number of aromatic nitrogens is 2. The van der Waals surface area contributed by atoms with Gasteiger partial charge in [-0.15, -0.1) is 0 Å². The number of ether oxygens (including phenoxy) is 2. The van der Waals surface area contributed by atoms with Crippen molar-refractivity contribution in [3.8, 4) is 16.9 Å². The van der Waals surface area contributed by atoms with Gasteiger partial charge in [0.1, 0.15) is 5.75 Å². The molecule has 0 saturated carbocycles. The highest BCUT2D eigenvalue weighted by atomic mass is 16.5. The van der Waals surface area contributed by atoms with Crippen molar-refractivity contribution in [1.82, 2.24) is 15.5 Å². The van der Waals surface area contributed by atoms with Gasteiger partial charge in [-0.05, 0) is 55.2 Å². The number of urea groups is 1. The Morgan fingerprint density at radius 1 is 1.29 bits per heavy atom. The Morgan fingerprint density at radius 3 is 3.00 bits per heavy atom. The van der Waals surface area contributed by atoms with Crippen LogP contribution in [0, 0.1) is 0 Å². The van der Waals surface area contributed by atoms with Crippen LogP contribution in [0.5, 0.6) is 5.75 Å². The summed E-state index contributed by atoms with van der Waals surface area (Å²) >= 11 is 0. The molecule has 1 aromatic heterocycles. The number of nitrogens with one attached hydrogen (secondary N) is 3. The van der Waals surface area contributed by atoms with E-state index >= 15 is 0 Å². The summed E-state index contributed by atoms with van der Waals surface area (Å²) in [5.74, 6) is 1.35. The minimum Gasteiger partial charge on any atom is -0.494 e. The fourth-order valence-electron chi connectivity index (χ4n) is 3.39. The molecule has 1 atom stereocenters. The molecule has 4 rings (SSSR count). The van der Waals surface area contributed by atoms with E-state index in [0.29, 0.717) is 19.0 Å². The molecule has 1 fully saturated rings. The number of rotatable bonds is 6. The zero-order valence-corrected chi connectivity index (χ0v) is 15.8. The first kappa shape index (κ1) is 18.3. The van der Waals surface area contributed by atoms with Gasteiger partial charge in [-0.25, -0.2) is 4.79 Å². The van der Waals surface area contributed by atoms with E-state index in [0.717, 1.165) is 47.2 Å². The lowest BCUT2D eigenvalue weighted by Crippen LogP contribution is -2.35. The number of amides is 2. The van der Waals surface area contributed by atoms with Crippen LogP contribution in [0.15, 0.2) is 42.5 Å². The van der Waals surface area contributed by atoms with Crippen molar-refractivity contribution < 1.29 is 14.3 Å². The number of anilines is 1. The molecule has 0 radical (unpaired) electrons. The summed E-state index contributed by atoms with van der Waals surface area (Å²) in [5, 5.41) is 13.7. The molecular weight excluding hydrogens is 356 g/mol. The molecule has 0 aliphatic carbocycles. The largest absolute Gasteiger partial charge is 0.494 e. The molecule has 7 nitrogen and oxygen atoms in total. The lowest BCUT2D eigenvalue weighted by molar-refractivity contribution is 0.112. The molecule has 1 aliphatic heterocycles. The molecule has 2 heterocycles. The van der Waals surface area contributed by atoms with Crippen molar-refractivity contribution in [2.45, 2.75) is 25.9 Å². The highest BCUT2D eigenvalue weighted by Gasteiger charge is 2.17. The Balaban J connectivity index is 1.46. The van der Waals surface area contributed by atoms with E-state index in [1.807, 2.05) is 49.4 Å².